The van der Waals surface area contributed by atoms with Crippen LogP contribution in [0.3, 0.4) is 0 Å². The standard InChI is InChI=1S/C28H36N6O6/c1-30-16-13-23(21-5-2-6-22(10-9-21)26(35)32-15-4-14-29)17-31-20-33-24-7-3-8-25(12-11-24)34-27(36,37)18-40-19-28(34,38)39/h7-13,16,20,36-39H,2-6,15,17-19H2,1H3,(H,31,33)(H,32,35)/b23-13+,30-16?. The Labute approximate surface area is 233 Å². The lowest BCUT2D eigenvalue weighted by atomic mass is 10.0. The maximum Gasteiger partial charge on any atom is 0.275 e. The minimum Gasteiger partial charge on any atom is -0.366 e. The number of ether oxygens (including phenoxy) is 1. The van der Waals surface area contributed by atoms with Gasteiger partial charge < -0.3 is 35.8 Å². The molecule has 0 aromatic carbocycles. The fourth-order valence-corrected chi connectivity index (χ4v) is 4.37. The zero-order chi connectivity index (χ0) is 29.0. The van der Waals surface area contributed by atoms with Gasteiger partial charge in [0.1, 0.15) is 13.2 Å². The van der Waals surface area contributed by atoms with Crippen LogP contribution >= 0.6 is 0 Å². The number of nitrogens with one attached hydrogen (secondary N) is 2. The van der Waals surface area contributed by atoms with Gasteiger partial charge in [-0.1, -0.05) is 24.3 Å². The smallest absolute Gasteiger partial charge is 0.275 e. The lowest BCUT2D eigenvalue weighted by Crippen LogP contribution is -2.67. The van der Waals surface area contributed by atoms with E-state index in [-0.39, 0.29) is 18.0 Å². The molecule has 1 saturated heterocycles. The van der Waals surface area contributed by atoms with Crippen LogP contribution in [-0.4, -0.2) is 89.0 Å². The van der Waals surface area contributed by atoms with Crippen LogP contribution in [0, 0.1) is 11.3 Å². The summed E-state index contributed by atoms with van der Waals surface area (Å²) < 4.78 is 4.88. The van der Waals surface area contributed by atoms with Gasteiger partial charge in [0.15, 0.2) is 0 Å². The summed E-state index contributed by atoms with van der Waals surface area (Å²) in [6, 6.07) is 2.01. The van der Waals surface area contributed by atoms with Gasteiger partial charge in [0, 0.05) is 36.8 Å². The van der Waals surface area contributed by atoms with Crippen molar-refractivity contribution in [2.75, 3.05) is 33.4 Å². The Kier molecular flexibility index (Phi) is 11.1. The Morgan fingerprint density at radius 1 is 1.15 bits per heavy atom. The molecule has 0 spiro atoms. The molecule has 0 atom stereocenters. The SMILES string of the molecule is CN=C/C=C(\CN=CNC1=CCC=C(N2C(O)(O)COCC2(O)O)C=C1)C1=CC=C(C(=O)NCCC#N)CCC1. The molecule has 12 nitrogen and oxygen atoms in total. The number of nitriles is 1. The van der Waals surface area contributed by atoms with Gasteiger partial charge in [-0.2, -0.15) is 5.26 Å². The van der Waals surface area contributed by atoms with E-state index in [1.807, 2.05) is 30.4 Å². The van der Waals surface area contributed by atoms with Crippen LogP contribution in [0.1, 0.15) is 32.1 Å². The van der Waals surface area contributed by atoms with E-state index in [1.54, 1.807) is 31.8 Å². The van der Waals surface area contributed by atoms with E-state index in [1.165, 1.54) is 6.08 Å². The molecule has 12 heteroatoms. The third kappa shape index (κ3) is 8.57. The average molecular weight is 553 g/mol. The maximum absolute atomic E-state index is 12.4. The Balaban J connectivity index is 1.63. The van der Waals surface area contributed by atoms with Crippen molar-refractivity contribution in [2.45, 2.75) is 43.9 Å². The molecule has 3 rings (SSSR count). The van der Waals surface area contributed by atoms with Crippen LogP contribution in [0.4, 0.5) is 0 Å². The highest BCUT2D eigenvalue weighted by atomic mass is 16.6. The Bertz CT molecular complexity index is 1200. The van der Waals surface area contributed by atoms with Crippen molar-refractivity contribution >= 4 is 18.5 Å². The molecule has 0 aromatic heterocycles. The number of hydrogen-bond acceptors (Lipinski definition) is 10. The molecule has 0 unspecified atom stereocenters. The van der Waals surface area contributed by atoms with Crippen LogP contribution in [0.25, 0.3) is 0 Å². The van der Waals surface area contributed by atoms with Crippen molar-refractivity contribution in [3.05, 3.63) is 70.6 Å². The normalized spacial score (nSPS) is 21.1. The molecule has 1 aliphatic heterocycles. The van der Waals surface area contributed by atoms with Gasteiger partial charge in [-0.05, 0) is 55.1 Å². The number of aliphatic imine (C=N–C) groups is 2. The summed E-state index contributed by atoms with van der Waals surface area (Å²) in [6.07, 6.45) is 18.4. The summed E-state index contributed by atoms with van der Waals surface area (Å²) in [5.41, 5.74) is 3.57. The van der Waals surface area contributed by atoms with Gasteiger partial charge in [0.25, 0.3) is 11.8 Å². The Hall–Kier alpha value is -3.86. The molecule has 0 aromatic rings. The zero-order valence-corrected chi connectivity index (χ0v) is 22.5. The van der Waals surface area contributed by atoms with E-state index in [4.69, 9.17) is 10.00 Å². The van der Waals surface area contributed by atoms with Gasteiger partial charge in [-0.3, -0.25) is 19.7 Å². The summed E-state index contributed by atoms with van der Waals surface area (Å²) in [5, 5.41) is 55.4. The first-order valence-corrected chi connectivity index (χ1v) is 13.0. The first kappa shape index (κ1) is 30.7. The zero-order valence-electron chi connectivity index (χ0n) is 22.5. The number of allylic oxidation sites excluding steroid dienone is 7. The number of amides is 1. The lowest BCUT2D eigenvalue weighted by Gasteiger charge is -2.47. The summed E-state index contributed by atoms with van der Waals surface area (Å²) in [5.74, 6) is -5.34. The second kappa shape index (κ2) is 14.5. The average Bonchev–Trinajstić information content (AvgIpc) is 3.29. The molecular weight excluding hydrogens is 516 g/mol. The quantitative estimate of drug-likeness (QED) is 0.0980. The van der Waals surface area contributed by atoms with Crippen molar-refractivity contribution in [1.29, 1.82) is 5.26 Å². The number of carbonyl (C=O) groups excluding carboxylic acids is 1. The Morgan fingerprint density at radius 2 is 1.88 bits per heavy atom. The number of carbonyl (C=O) groups is 1. The van der Waals surface area contributed by atoms with E-state index >= 15 is 0 Å². The number of nitrogens with zero attached hydrogens (tertiary/aromatic N) is 4. The van der Waals surface area contributed by atoms with Crippen molar-refractivity contribution in [3.8, 4) is 6.07 Å². The molecule has 1 amide bonds. The lowest BCUT2D eigenvalue weighted by molar-refractivity contribution is -0.421. The minimum absolute atomic E-state index is 0.154. The summed E-state index contributed by atoms with van der Waals surface area (Å²) in [4.78, 5) is 21.6. The van der Waals surface area contributed by atoms with Gasteiger partial charge in [0.2, 0.25) is 5.91 Å². The van der Waals surface area contributed by atoms with Gasteiger partial charge in [-0.15, -0.1) is 0 Å². The number of morpholine rings is 1. The summed E-state index contributed by atoms with van der Waals surface area (Å²) in [7, 11) is 1.68. The highest BCUT2D eigenvalue weighted by Crippen LogP contribution is 2.31. The van der Waals surface area contributed by atoms with E-state index in [2.05, 4.69) is 20.6 Å². The van der Waals surface area contributed by atoms with Gasteiger partial charge in [0.05, 0.1) is 25.4 Å². The third-order valence-electron chi connectivity index (χ3n) is 6.28. The summed E-state index contributed by atoms with van der Waals surface area (Å²) in [6.45, 7) is -0.319. The highest BCUT2D eigenvalue weighted by Gasteiger charge is 2.50. The van der Waals surface area contributed by atoms with E-state index < -0.39 is 25.0 Å². The predicted octanol–water partition coefficient (Wildman–Crippen LogP) is 0.635. The van der Waals surface area contributed by atoms with Crippen molar-refractivity contribution in [2.24, 2.45) is 9.98 Å². The molecule has 0 radical (unpaired) electrons. The molecule has 214 valence electrons. The van der Waals surface area contributed by atoms with Crippen LogP contribution in [0.5, 0.6) is 0 Å². The third-order valence-corrected chi connectivity index (χ3v) is 6.28. The molecular formula is C28H36N6O6. The summed E-state index contributed by atoms with van der Waals surface area (Å²) >= 11 is 0. The van der Waals surface area contributed by atoms with Gasteiger partial charge in [-0.25, -0.2) is 0 Å². The molecule has 1 heterocycles. The van der Waals surface area contributed by atoms with Crippen molar-refractivity contribution in [1.82, 2.24) is 15.5 Å². The number of hydrogen-bond donors (Lipinski definition) is 6. The number of aliphatic hydroxyl groups is 4. The predicted molar refractivity (Wildman–Crippen MR) is 149 cm³/mol. The monoisotopic (exact) mass is 552 g/mol. The molecule has 1 fully saturated rings. The van der Waals surface area contributed by atoms with Crippen LogP contribution in [0.2, 0.25) is 0 Å². The fraction of sp³-hybridized carbons (Fsp3) is 0.429. The number of rotatable bonds is 10. The van der Waals surface area contributed by atoms with Crippen molar-refractivity contribution < 1.29 is 30.0 Å². The van der Waals surface area contributed by atoms with E-state index in [0.717, 1.165) is 24.0 Å². The minimum atomic E-state index is -2.59. The second-order valence-electron chi connectivity index (χ2n) is 9.35. The van der Waals surface area contributed by atoms with Crippen LogP contribution in [0.15, 0.2) is 80.6 Å². The van der Waals surface area contributed by atoms with E-state index in [9.17, 15) is 25.2 Å². The Morgan fingerprint density at radius 3 is 2.60 bits per heavy atom. The highest BCUT2D eigenvalue weighted by molar-refractivity contribution is 5.93. The molecule has 0 saturated carbocycles. The largest absolute Gasteiger partial charge is 0.366 e. The topological polar surface area (TPSA) is 183 Å². The first-order valence-electron chi connectivity index (χ1n) is 13.0. The molecule has 2 aliphatic carbocycles. The second-order valence-corrected chi connectivity index (χ2v) is 9.35. The van der Waals surface area contributed by atoms with Crippen LogP contribution < -0.4 is 10.6 Å². The van der Waals surface area contributed by atoms with Gasteiger partial charge >= 0.3 is 0 Å². The molecule has 6 N–H and O–H groups in total. The fourth-order valence-electron chi connectivity index (χ4n) is 4.37. The maximum atomic E-state index is 12.4. The molecule has 3 aliphatic rings. The molecule has 0 bridgehead atoms. The van der Waals surface area contributed by atoms with E-state index in [0.29, 0.717) is 42.1 Å². The first-order chi connectivity index (χ1) is 19.2. The van der Waals surface area contributed by atoms with Crippen molar-refractivity contribution in [3.63, 3.8) is 0 Å². The van der Waals surface area contributed by atoms with Crippen LogP contribution in [-0.2, 0) is 9.53 Å². The molecule has 40 heavy (non-hydrogen) atoms.